The highest BCUT2D eigenvalue weighted by molar-refractivity contribution is 6.12. The van der Waals surface area contributed by atoms with E-state index in [1.807, 2.05) is 0 Å². The molecule has 342 valence electrons. The van der Waals surface area contributed by atoms with Gasteiger partial charge in [-0.25, -0.2) is 0 Å². The van der Waals surface area contributed by atoms with Crippen molar-refractivity contribution in [1.29, 1.82) is 0 Å². The molecule has 0 saturated carbocycles. The first kappa shape index (κ1) is 42.4. The Morgan fingerprint density at radius 3 is 1.48 bits per heavy atom. The van der Waals surface area contributed by atoms with E-state index in [4.69, 9.17) is 0 Å². The van der Waals surface area contributed by atoms with Crippen molar-refractivity contribution in [3.63, 3.8) is 0 Å². The molecule has 73 heavy (non-hydrogen) atoms. The van der Waals surface area contributed by atoms with Crippen LogP contribution in [0, 0.1) is 0 Å². The summed E-state index contributed by atoms with van der Waals surface area (Å²) >= 11 is 0. The summed E-state index contributed by atoms with van der Waals surface area (Å²) in [4.78, 5) is 2.42. The van der Waals surface area contributed by atoms with Crippen LogP contribution in [-0.2, 0) is 5.41 Å². The lowest BCUT2D eigenvalue weighted by Gasteiger charge is -2.35. The van der Waals surface area contributed by atoms with E-state index in [0.717, 1.165) is 22.6 Å². The molecule has 2 heteroatoms. The van der Waals surface area contributed by atoms with Gasteiger partial charge in [-0.2, -0.15) is 0 Å². The van der Waals surface area contributed by atoms with Gasteiger partial charge < -0.3 is 9.47 Å². The first-order valence-electron chi connectivity index (χ1n) is 25.2. The van der Waals surface area contributed by atoms with E-state index in [9.17, 15) is 0 Å². The van der Waals surface area contributed by atoms with Gasteiger partial charge in [0.15, 0.2) is 0 Å². The van der Waals surface area contributed by atoms with Crippen LogP contribution in [0.2, 0.25) is 0 Å². The second-order valence-electron chi connectivity index (χ2n) is 19.2. The Kier molecular flexibility index (Phi) is 10.1. The van der Waals surface area contributed by atoms with Crippen molar-refractivity contribution in [3.05, 3.63) is 313 Å². The summed E-state index contributed by atoms with van der Waals surface area (Å²) in [6, 6.07) is 107. The molecule has 0 amide bonds. The minimum atomic E-state index is -0.513. The number of fused-ring (bicyclic) bond motifs is 7. The molecule has 0 saturated heterocycles. The van der Waals surface area contributed by atoms with Gasteiger partial charge in [0.2, 0.25) is 0 Å². The molecule has 1 aliphatic carbocycles. The Bertz CT molecular complexity index is 4130. The molecule has 2 nitrogen and oxygen atoms in total. The van der Waals surface area contributed by atoms with Gasteiger partial charge in [0, 0.05) is 33.2 Å². The number of nitrogens with zero attached hydrogens (tertiary/aromatic N) is 2. The van der Waals surface area contributed by atoms with E-state index < -0.39 is 5.41 Å². The zero-order valence-corrected chi connectivity index (χ0v) is 40.1. The highest BCUT2D eigenvalue weighted by Crippen LogP contribution is 2.57. The smallest absolute Gasteiger partial charge is 0.0714 e. The number of anilines is 3. The third-order valence-corrected chi connectivity index (χ3v) is 15.3. The molecule has 0 fully saturated rings. The lowest BCUT2D eigenvalue weighted by Crippen LogP contribution is -2.28. The molecule has 0 atom stereocenters. The topological polar surface area (TPSA) is 8.17 Å². The molecule has 14 rings (SSSR count). The predicted octanol–water partition coefficient (Wildman–Crippen LogP) is 18.8. The van der Waals surface area contributed by atoms with Gasteiger partial charge in [0.25, 0.3) is 0 Å². The molecule has 13 aromatic rings. The van der Waals surface area contributed by atoms with Crippen LogP contribution in [0.1, 0.15) is 22.3 Å². The summed E-state index contributed by atoms with van der Waals surface area (Å²) in [6.07, 6.45) is 0. The van der Waals surface area contributed by atoms with Crippen molar-refractivity contribution in [1.82, 2.24) is 4.57 Å². The first-order chi connectivity index (χ1) is 36.2. The van der Waals surface area contributed by atoms with Gasteiger partial charge >= 0.3 is 0 Å². The molecule has 0 aliphatic heterocycles. The first-order valence-corrected chi connectivity index (χ1v) is 25.2. The number of aromatic nitrogens is 1. The molecule has 0 N–H and O–H groups in total. The van der Waals surface area contributed by atoms with Crippen LogP contribution in [0.3, 0.4) is 0 Å². The summed E-state index contributed by atoms with van der Waals surface area (Å²) in [5.41, 5.74) is 21.1. The minimum Gasteiger partial charge on any atom is -0.310 e. The zero-order chi connectivity index (χ0) is 48.3. The van der Waals surface area contributed by atoms with E-state index in [2.05, 4.69) is 301 Å². The summed E-state index contributed by atoms with van der Waals surface area (Å²) < 4.78 is 2.43. The predicted molar refractivity (Wildman–Crippen MR) is 307 cm³/mol. The van der Waals surface area contributed by atoms with Crippen molar-refractivity contribution >= 4 is 49.6 Å². The average Bonchev–Trinajstić information content (AvgIpc) is 3.96. The second kappa shape index (κ2) is 17.4. The molecule has 1 heterocycles. The third-order valence-electron chi connectivity index (χ3n) is 15.3. The van der Waals surface area contributed by atoms with Gasteiger partial charge in [-0.15, -0.1) is 0 Å². The van der Waals surface area contributed by atoms with Crippen molar-refractivity contribution in [3.8, 4) is 50.2 Å². The maximum Gasteiger partial charge on any atom is 0.0714 e. The van der Waals surface area contributed by atoms with Crippen LogP contribution < -0.4 is 4.90 Å². The van der Waals surface area contributed by atoms with E-state index in [1.165, 1.54) is 99.5 Å². The second-order valence-corrected chi connectivity index (χ2v) is 19.2. The van der Waals surface area contributed by atoms with Crippen LogP contribution in [0.25, 0.3) is 82.8 Å². The van der Waals surface area contributed by atoms with Crippen LogP contribution in [0.5, 0.6) is 0 Å². The number of benzene rings is 12. The number of hydrogen-bond acceptors (Lipinski definition) is 1. The Balaban J connectivity index is 0.872. The highest BCUT2D eigenvalue weighted by Gasteiger charge is 2.46. The van der Waals surface area contributed by atoms with Gasteiger partial charge in [0.05, 0.1) is 22.1 Å². The number of rotatable bonds is 9. The number of hydrogen-bond donors (Lipinski definition) is 0. The molecular weight excluding hydrogens is 881 g/mol. The van der Waals surface area contributed by atoms with E-state index >= 15 is 0 Å². The van der Waals surface area contributed by atoms with E-state index in [1.54, 1.807) is 0 Å². The quantitative estimate of drug-likeness (QED) is 0.140. The van der Waals surface area contributed by atoms with Crippen molar-refractivity contribution in [2.24, 2.45) is 0 Å². The van der Waals surface area contributed by atoms with E-state index in [0.29, 0.717) is 0 Å². The minimum absolute atomic E-state index is 0.513. The molecular formula is C71H48N2. The largest absolute Gasteiger partial charge is 0.310 e. The Morgan fingerprint density at radius 2 is 0.753 bits per heavy atom. The zero-order valence-electron chi connectivity index (χ0n) is 40.1. The monoisotopic (exact) mass is 928 g/mol. The van der Waals surface area contributed by atoms with Crippen LogP contribution in [0.15, 0.2) is 291 Å². The van der Waals surface area contributed by atoms with Crippen molar-refractivity contribution in [2.75, 3.05) is 4.90 Å². The lowest BCUT2D eigenvalue weighted by atomic mass is 9.67. The van der Waals surface area contributed by atoms with Crippen LogP contribution in [0.4, 0.5) is 17.1 Å². The third kappa shape index (κ3) is 6.94. The maximum atomic E-state index is 2.45. The van der Waals surface area contributed by atoms with E-state index in [-0.39, 0.29) is 0 Å². The fourth-order valence-electron chi connectivity index (χ4n) is 11.9. The molecule has 0 unspecified atom stereocenters. The molecule has 1 aliphatic rings. The Labute approximate surface area is 426 Å². The Hall–Kier alpha value is -9.50. The van der Waals surface area contributed by atoms with Gasteiger partial charge in [0.1, 0.15) is 0 Å². The van der Waals surface area contributed by atoms with Crippen LogP contribution in [-0.4, -0.2) is 4.57 Å². The fourth-order valence-corrected chi connectivity index (χ4v) is 11.9. The molecule has 0 spiro atoms. The maximum absolute atomic E-state index is 2.45. The fraction of sp³-hybridized carbons (Fsp3) is 0.0141. The van der Waals surface area contributed by atoms with Crippen LogP contribution >= 0.6 is 0 Å². The summed E-state index contributed by atoms with van der Waals surface area (Å²) in [7, 11) is 0. The lowest BCUT2D eigenvalue weighted by molar-refractivity contribution is 0.768. The van der Waals surface area contributed by atoms with Gasteiger partial charge in [-0.1, -0.05) is 224 Å². The number of para-hydroxylation sites is 1. The standard InChI is InChI=1S/C71H48N2/c1-4-18-49(19-5-1)50-34-39-58(40-35-50)72(60-43-44-63-62-29-12-14-31-66(62)71(67(63)48-60,56-24-6-2-7-25-56)57-26-8-3-9-27-57)59-41-36-51(37-42-59)53-22-16-23-54(46-53)55-38-45-70-65(47-55)64-30-13-15-32-69(64)73(70)68-33-17-21-52-20-10-11-28-61(52)68/h1-48H. The van der Waals surface area contributed by atoms with Gasteiger partial charge in [-0.3, -0.25) is 0 Å². The molecule has 12 aromatic carbocycles. The normalized spacial score (nSPS) is 12.5. The van der Waals surface area contributed by atoms with Crippen molar-refractivity contribution < 1.29 is 0 Å². The summed E-state index contributed by atoms with van der Waals surface area (Å²) in [6.45, 7) is 0. The molecule has 0 bridgehead atoms. The average molecular weight is 929 g/mol. The summed E-state index contributed by atoms with van der Waals surface area (Å²) in [5.74, 6) is 0. The Morgan fingerprint density at radius 1 is 0.274 bits per heavy atom. The van der Waals surface area contributed by atoms with Gasteiger partial charge in [-0.05, 0) is 139 Å². The summed E-state index contributed by atoms with van der Waals surface area (Å²) in [5, 5.41) is 4.97. The SMILES string of the molecule is c1ccc(-c2ccc(N(c3ccc(-c4cccc(-c5ccc6c(c5)c5ccccc5n6-c5cccc6ccccc56)c4)cc3)c3ccc4c(c3)C(c3ccccc3)(c3ccccc3)c3ccccc3-4)cc2)cc1. The molecule has 0 radical (unpaired) electrons. The molecule has 1 aromatic heterocycles. The van der Waals surface area contributed by atoms with Crippen molar-refractivity contribution in [2.45, 2.75) is 5.41 Å². The highest BCUT2D eigenvalue weighted by atomic mass is 15.1.